The van der Waals surface area contributed by atoms with Gasteiger partial charge in [-0.15, -0.1) is 23.8 Å². The Morgan fingerprint density at radius 1 is 0.977 bits per heavy atom. The molecule has 5 heteroatoms. The Morgan fingerprint density at radius 3 is 2.23 bits per heavy atom. The van der Waals surface area contributed by atoms with Gasteiger partial charge in [0.1, 0.15) is 0 Å². The van der Waals surface area contributed by atoms with Crippen molar-refractivity contribution in [1.29, 1.82) is 0 Å². The Balaban J connectivity index is 0.000000274. The Kier molecular flexibility index (Phi) is 11.1. The van der Waals surface area contributed by atoms with Crippen LogP contribution in [0.25, 0.3) is 32.9 Å². The number of fused-ring (bicyclic) bond motifs is 3. The molecule has 2 aromatic carbocycles. The second kappa shape index (κ2) is 13.8. The molecule has 2 heterocycles. The van der Waals surface area contributed by atoms with Gasteiger partial charge in [0.15, 0.2) is 5.78 Å². The molecule has 4 nitrogen and oxygen atoms in total. The Morgan fingerprint density at radius 2 is 1.63 bits per heavy atom. The molecule has 0 amide bonds. The average Bonchev–Trinajstić information content (AvgIpc) is 2.96. The Labute approximate surface area is 271 Å². The molecule has 0 saturated heterocycles. The molecule has 1 N–H and O–H groups in total. The minimum absolute atomic E-state index is 0. The maximum Gasteiger partial charge on any atom is 0.162 e. The zero-order chi connectivity index (χ0) is 30.8. The SMILES string of the molecule is CC(C)(C)c1cccc2nc3c(cc12)C(C)(C)c1cncc2cc[c-]c-3c12.CCC(CC)C(=O)/C=C(\O)C(CC)CC.[Ir]. The van der Waals surface area contributed by atoms with E-state index in [9.17, 15) is 9.90 Å². The number of allylic oxidation sites excluding steroid dienone is 2. The molecule has 0 aliphatic heterocycles. The van der Waals surface area contributed by atoms with Crippen molar-refractivity contribution >= 4 is 27.5 Å². The summed E-state index contributed by atoms with van der Waals surface area (Å²) in [4.78, 5) is 21.4. The number of ketones is 1. The van der Waals surface area contributed by atoms with Crippen LogP contribution >= 0.6 is 0 Å². The van der Waals surface area contributed by atoms with Gasteiger partial charge in [0, 0.05) is 61.2 Å². The van der Waals surface area contributed by atoms with Gasteiger partial charge in [0.05, 0.1) is 11.3 Å². The molecule has 4 aromatic rings. The summed E-state index contributed by atoms with van der Waals surface area (Å²) in [5, 5.41) is 13.4. The molecular formula is C38H47IrN2O2-. The largest absolute Gasteiger partial charge is 0.512 e. The van der Waals surface area contributed by atoms with Crippen LogP contribution in [0.4, 0.5) is 0 Å². The molecule has 1 aliphatic rings. The zero-order valence-corrected chi connectivity index (χ0v) is 29.7. The monoisotopic (exact) mass is 756 g/mol. The van der Waals surface area contributed by atoms with Crippen molar-refractivity contribution in [3.05, 3.63) is 83.4 Å². The average molecular weight is 756 g/mol. The first-order valence-corrected chi connectivity index (χ1v) is 15.6. The fourth-order valence-electron chi connectivity index (χ4n) is 6.27. The van der Waals surface area contributed by atoms with Gasteiger partial charge in [-0.3, -0.25) is 14.8 Å². The summed E-state index contributed by atoms with van der Waals surface area (Å²) in [6, 6.07) is 16.4. The third-order valence-electron chi connectivity index (χ3n) is 9.05. The third kappa shape index (κ3) is 6.79. The molecule has 231 valence electrons. The van der Waals surface area contributed by atoms with Gasteiger partial charge in [0.2, 0.25) is 0 Å². The van der Waals surface area contributed by atoms with E-state index in [1.807, 2.05) is 46.2 Å². The van der Waals surface area contributed by atoms with E-state index in [4.69, 9.17) is 4.98 Å². The molecule has 2 aromatic heterocycles. The van der Waals surface area contributed by atoms with E-state index in [1.54, 1.807) is 0 Å². The predicted octanol–water partition coefficient (Wildman–Crippen LogP) is 10.1. The van der Waals surface area contributed by atoms with Crippen LogP contribution in [0, 0.1) is 17.9 Å². The van der Waals surface area contributed by atoms with Crippen molar-refractivity contribution in [3.63, 3.8) is 0 Å². The van der Waals surface area contributed by atoms with Crippen LogP contribution in [0.15, 0.2) is 60.6 Å². The molecule has 0 saturated carbocycles. The van der Waals surface area contributed by atoms with Crippen LogP contribution < -0.4 is 0 Å². The van der Waals surface area contributed by atoms with E-state index >= 15 is 0 Å². The van der Waals surface area contributed by atoms with Gasteiger partial charge < -0.3 is 5.11 Å². The number of carbonyl (C=O) groups is 1. The van der Waals surface area contributed by atoms with Crippen LogP contribution in [0.3, 0.4) is 0 Å². The number of aliphatic hydroxyl groups is 1. The van der Waals surface area contributed by atoms with Crippen molar-refractivity contribution in [2.24, 2.45) is 11.8 Å². The van der Waals surface area contributed by atoms with Gasteiger partial charge in [-0.2, -0.15) is 0 Å². The molecule has 1 aliphatic carbocycles. The van der Waals surface area contributed by atoms with Gasteiger partial charge in [0.25, 0.3) is 0 Å². The molecule has 1 radical (unpaired) electrons. The number of aliphatic hydroxyl groups excluding tert-OH is 1. The molecule has 0 bridgehead atoms. The van der Waals surface area contributed by atoms with Gasteiger partial charge >= 0.3 is 0 Å². The quantitative estimate of drug-likeness (QED) is 0.116. The van der Waals surface area contributed by atoms with Crippen molar-refractivity contribution in [2.75, 3.05) is 0 Å². The summed E-state index contributed by atoms with van der Waals surface area (Å²) in [5.41, 5.74) is 6.98. The number of rotatable bonds is 7. The van der Waals surface area contributed by atoms with E-state index in [-0.39, 0.29) is 54.3 Å². The molecule has 0 atom stereocenters. The number of aromatic nitrogens is 2. The topological polar surface area (TPSA) is 63.1 Å². The minimum Gasteiger partial charge on any atom is -0.512 e. The summed E-state index contributed by atoms with van der Waals surface area (Å²) in [7, 11) is 0. The molecule has 0 fully saturated rings. The van der Waals surface area contributed by atoms with Gasteiger partial charge in [-0.05, 0) is 48.4 Å². The maximum absolute atomic E-state index is 11.7. The Hall–Kier alpha value is -2.88. The third-order valence-corrected chi connectivity index (χ3v) is 9.05. The molecule has 0 spiro atoms. The summed E-state index contributed by atoms with van der Waals surface area (Å²) in [5.74, 6) is 0.547. The van der Waals surface area contributed by atoms with E-state index in [0.717, 1.165) is 47.8 Å². The van der Waals surface area contributed by atoms with Gasteiger partial charge in [-0.25, -0.2) is 0 Å². The summed E-state index contributed by atoms with van der Waals surface area (Å²) in [6.07, 6.45) is 8.86. The first-order chi connectivity index (χ1) is 19.9. The van der Waals surface area contributed by atoms with Crippen LogP contribution in [0.1, 0.15) is 105 Å². The van der Waals surface area contributed by atoms with Crippen molar-refractivity contribution in [2.45, 2.75) is 98.8 Å². The second-order valence-electron chi connectivity index (χ2n) is 13.1. The first kappa shape index (κ1) is 34.6. The summed E-state index contributed by atoms with van der Waals surface area (Å²) in [6.45, 7) is 19.4. The van der Waals surface area contributed by atoms with Crippen LogP contribution in [0.5, 0.6) is 0 Å². The number of pyridine rings is 2. The number of benzene rings is 2. The fourth-order valence-corrected chi connectivity index (χ4v) is 6.27. The minimum atomic E-state index is -0.157. The summed E-state index contributed by atoms with van der Waals surface area (Å²) < 4.78 is 0. The van der Waals surface area contributed by atoms with Gasteiger partial charge in [-0.1, -0.05) is 102 Å². The van der Waals surface area contributed by atoms with E-state index in [1.165, 1.54) is 33.5 Å². The maximum atomic E-state index is 11.7. The normalized spacial score (nSPS) is 13.9. The van der Waals surface area contributed by atoms with E-state index in [0.29, 0.717) is 0 Å². The molecule has 43 heavy (non-hydrogen) atoms. The smallest absolute Gasteiger partial charge is 0.162 e. The van der Waals surface area contributed by atoms with Crippen molar-refractivity contribution in [3.8, 4) is 11.3 Å². The summed E-state index contributed by atoms with van der Waals surface area (Å²) >= 11 is 0. The molecule has 0 unspecified atom stereocenters. The number of hydrogen-bond acceptors (Lipinski definition) is 4. The number of nitrogens with zero attached hydrogens (tertiary/aromatic N) is 2. The van der Waals surface area contributed by atoms with Crippen LogP contribution in [-0.2, 0) is 35.7 Å². The second-order valence-corrected chi connectivity index (χ2v) is 13.1. The Bertz CT molecular complexity index is 1620. The standard InChI is InChI=1S/C25H23N2.C13H24O2.Ir/c1-24(2,3)18-10-7-11-21-17(18)12-19-23(27-21)16-9-6-8-15-13-26-14-20(22(15)16)25(19,4)5;1-5-10(6-2)12(14)9-13(15)11(7-3)8-4;/h6-8,10-14H,1-5H3;9-11,14H,5-8H2,1-4H3;/q-1;;/b;12-9-;. The fraction of sp³-hybridized carbons (Fsp3) is 0.447. The number of carbonyl (C=O) groups excluding carboxylic acids is 1. The van der Waals surface area contributed by atoms with Crippen LogP contribution in [-0.4, -0.2) is 20.9 Å². The van der Waals surface area contributed by atoms with Crippen molar-refractivity contribution < 1.29 is 30.0 Å². The van der Waals surface area contributed by atoms with Crippen molar-refractivity contribution in [1.82, 2.24) is 9.97 Å². The molecular weight excluding hydrogens is 709 g/mol. The predicted molar refractivity (Wildman–Crippen MR) is 176 cm³/mol. The van der Waals surface area contributed by atoms with E-state index < -0.39 is 0 Å². The van der Waals surface area contributed by atoms with Crippen LogP contribution in [0.2, 0.25) is 0 Å². The van der Waals surface area contributed by atoms with E-state index in [2.05, 4.69) is 76.0 Å². The zero-order valence-electron chi connectivity index (χ0n) is 27.3. The number of hydrogen-bond donors (Lipinski definition) is 1. The first-order valence-electron chi connectivity index (χ1n) is 15.6. The molecule has 5 rings (SSSR count).